The fraction of sp³-hybridized carbons (Fsp3) is 0.217. The normalized spacial score (nSPS) is 11.0. The zero-order valence-corrected chi connectivity index (χ0v) is 17.0. The molecule has 0 aliphatic heterocycles. The SMILES string of the molecule is CCOC(=O)C(=O)c1c(Cc2c[nH]c3ccc(OC)cc23)[nH]c2c(OC)cccc12. The molecular weight excluding hydrogens is 384 g/mol. The van der Waals surface area contributed by atoms with Gasteiger partial charge in [0.05, 0.1) is 31.9 Å². The molecule has 2 aromatic heterocycles. The first-order valence-corrected chi connectivity index (χ1v) is 9.60. The largest absolute Gasteiger partial charge is 0.497 e. The van der Waals surface area contributed by atoms with Crippen LogP contribution in [0.15, 0.2) is 42.6 Å². The lowest BCUT2D eigenvalue weighted by Gasteiger charge is -2.05. The van der Waals surface area contributed by atoms with Crippen LogP contribution in [0.5, 0.6) is 11.5 Å². The van der Waals surface area contributed by atoms with Crippen LogP contribution in [0.3, 0.4) is 0 Å². The van der Waals surface area contributed by atoms with E-state index in [1.165, 1.54) is 0 Å². The highest BCUT2D eigenvalue weighted by Crippen LogP contribution is 2.33. The van der Waals surface area contributed by atoms with Crippen molar-refractivity contribution >= 4 is 33.6 Å². The molecular formula is C23H22N2O5. The minimum atomic E-state index is -0.872. The number of para-hydroxylation sites is 1. The Morgan fingerprint density at radius 2 is 1.87 bits per heavy atom. The van der Waals surface area contributed by atoms with Gasteiger partial charge in [-0.3, -0.25) is 4.79 Å². The summed E-state index contributed by atoms with van der Waals surface area (Å²) in [5.74, 6) is -0.214. The van der Waals surface area contributed by atoms with Crippen LogP contribution in [0.2, 0.25) is 0 Å². The van der Waals surface area contributed by atoms with E-state index in [2.05, 4.69) is 9.97 Å². The Bertz CT molecular complexity index is 1250. The highest BCUT2D eigenvalue weighted by atomic mass is 16.5. The van der Waals surface area contributed by atoms with E-state index < -0.39 is 11.8 Å². The van der Waals surface area contributed by atoms with Crippen LogP contribution in [-0.2, 0) is 16.0 Å². The van der Waals surface area contributed by atoms with E-state index in [1.807, 2.05) is 24.4 Å². The molecule has 0 saturated carbocycles. The van der Waals surface area contributed by atoms with Crippen LogP contribution >= 0.6 is 0 Å². The number of Topliss-reactive ketones (excluding diaryl/α,β-unsaturated/α-hetero) is 1. The van der Waals surface area contributed by atoms with Crippen molar-refractivity contribution in [2.45, 2.75) is 13.3 Å². The van der Waals surface area contributed by atoms with Crippen molar-refractivity contribution in [1.29, 1.82) is 0 Å². The average molecular weight is 406 g/mol. The topological polar surface area (TPSA) is 93.4 Å². The monoisotopic (exact) mass is 406 g/mol. The van der Waals surface area contributed by atoms with Crippen LogP contribution < -0.4 is 9.47 Å². The number of fused-ring (bicyclic) bond motifs is 2. The third kappa shape index (κ3) is 3.28. The third-order valence-corrected chi connectivity index (χ3v) is 5.12. The molecule has 0 spiro atoms. The number of benzene rings is 2. The number of H-pyrrole nitrogens is 2. The van der Waals surface area contributed by atoms with Gasteiger partial charge in [-0.1, -0.05) is 12.1 Å². The van der Waals surface area contributed by atoms with Crippen LogP contribution in [0.1, 0.15) is 28.5 Å². The van der Waals surface area contributed by atoms with E-state index >= 15 is 0 Å². The summed E-state index contributed by atoms with van der Waals surface area (Å²) in [5, 5.41) is 1.61. The summed E-state index contributed by atoms with van der Waals surface area (Å²) in [6.45, 7) is 1.80. The van der Waals surface area contributed by atoms with Crippen molar-refractivity contribution in [3.05, 3.63) is 59.4 Å². The Labute approximate surface area is 172 Å². The van der Waals surface area contributed by atoms with Crippen LogP contribution in [0.25, 0.3) is 21.8 Å². The van der Waals surface area contributed by atoms with E-state index in [0.717, 1.165) is 22.2 Å². The van der Waals surface area contributed by atoms with Gasteiger partial charge in [-0.25, -0.2) is 4.79 Å². The summed E-state index contributed by atoms with van der Waals surface area (Å²) in [4.78, 5) is 31.7. The minimum absolute atomic E-state index is 0.133. The first-order chi connectivity index (χ1) is 14.6. The molecule has 0 amide bonds. The maximum Gasteiger partial charge on any atom is 0.379 e. The lowest BCUT2D eigenvalue weighted by molar-refractivity contribution is -0.137. The quantitative estimate of drug-likeness (QED) is 0.275. The number of hydrogen-bond donors (Lipinski definition) is 2. The lowest BCUT2D eigenvalue weighted by Crippen LogP contribution is -2.18. The van der Waals surface area contributed by atoms with Gasteiger partial charge in [0.2, 0.25) is 0 Å². The molecule has 0 atom stereocenters. The Kier molecular flexibility index (Phi) is 5.18. The zero-order valence-electron chi connectivity index (χ0n) is 17.0. The van der Waals surface area contributed by atoms with Gasteiger partial charge in [-0.05, 0) is 36.8 Å². The number of esters is 1. The van der Waals surface area contributed by atoms with Crippen LogP contribution in [-0.4, -0.2) is 42.5 Å². The van der Waals surface area contributed by atoms with Crippen LogP contribution in [0, 0.1) is 0 Å². The molecule has 7 nitrogen and oxygen atoms in total. The number of ketones is 1. The average Bonchev–Trinajstić information content (AvgIpc) is 3.33. The highest BCUT2D eigenvalue weighted by Gasteiger charge is 2.27. The second-order valence-corrected chi connectivity index (χ2v) is 6.81. The molecule has 4 rings (SSSR count). The van der Waals surface area contributed by atoms with Gasteiger partial charge >= 0.3 is 5.97 Å². The Morgan fingerprint density at radius 3 is 2.60 bits per heavy atom. The van der Waals surface area contributed by atoms with Crippen molar-refractivity contribution in [3.63, 3.8) is 0 Å². The van der Waals surface area contributed by atoms with Gasteiger partial charge in [0, 0.05) is 34.6 Å². The molecule has 30 heavy (non-hydrogen) atoms. The van der Waals surface area contributed by atoms with Gasteiger partial charge < -0.3 is 24.2 Å². The number of aromatic amines is 2. The van der Waals surface area contributed by atoms with E-state index in [1.54, 1.807) is 39.3 Å². The molecule has 0 fully saturated rings. The lowest BCUT2D eigenvalue weighted by atomic mass is 10.0. The Morgan fingerprint density at radius 1 is 1.03 bits per heavy atom. The third-order valence-electron chi connectivity index (χ3n) is 5.12. The molecule has 0 saturated heterocycles. The number of methoxy groups -OCH3 is 2. The Balaban J connectivity index is 1.87. The standard InChI is InChI=1S/C23H22N2O5/c1-4-30-23(27)22(26)20-15-6-5-7-19(29-3)21(15)25-18(20)10-13-12-24-17-9-8-14(28-2)11-16(13)17/h5-9,11-12,24-25H,4,10H2,1-3H3. The molecule has 0 radical (unpaired) electrons. The van der Waals surface area contributed by atoms with Gasteiger partial charge in [0.15, 0.2) is 0 Å². The van der Waals surface area contributed by atoms with E-state index in [-0.39, 0.29) is 6.61 Å². The smallest absolute Gasteiger partial charge is 0.379 e. The number of ether oxygens (including phenoxy) is 3. The highest BCUT2D eigenvalue weighted by molar-refractivity contribution is 6.43. The summed E-state index contributed by atoms with van der Waals surface area (Å²) in [5.41, 5.74) is 3.51. The number of aromatic nitrogens is 2. The molecule has 2 aromatic carbocycles. The fourth-order valence-corrected chi connectivity index (χ4v) is 3.73. The van der Waals surface area contributed by atoms with E-state index in [4.69, 9.17) is 14.2 Å². The molecule has 2 N–H and O–H groups in total. The summed E-state index contributed by atoms with van der Waals surface area (Å²) in [7, 11) is 3.18. The number of nitrogens with one attached hydrogen (secondary N) is 2. The summed E-state index contributed by atoms with van der Waals surface area (Å²) < 4.78 is 15.7. The zero-order chi connectivity index (χ0) is 21.3. The predicted octanol–water partition coefficient (Wildman–Crippen LogP) is 4.00. The van der Waals surface area contributed by atoms with Gasteiger partial charge in [0.25, 0.3) is 5.78 Å². The number of carbonyl (C=O) groups is 2. The molecule has 4 aromatic rings. The van der Waals surface area contributed by atoms with Crippen molar-refractivity contribution in [3.8, 4) is 11.5 Å². The number of hydrogen-bond acceptors (Lipinski definition) is 5. The van der Waals surface area contributed by atoms with E-state index in [9.17, 15) is 9.59 Å². The molecule has 0 aliphatic carbocycles. The number of rotatable bonds is 7. The predicted molar refractivity (Wildman–Crippen MR) is 113 cm³/mol. The van der Waals surface area contributed by atoms with Gasteiger partial charge in [-0.15, -0.1) is 0 Å². The minimum Gasteiger partial charge on any atom is -0.497 e. The first-order valence-electron chi connectivity index (χ1n) is 9.60. The molecule has 0 bridgehead atoms. The fourth-order valence-electron chi connectivity index (χ4n) is 3.73. The maximum absolute atomic E-state index is 13.0. The van der Waals surface area contributed by atoms with Crippen molar-refractivity contribution < 1.29 is 23.8 Å². The summed E-state index contributed by atoms with van der Waals surface area (Å²) in [6.07, 6.45) is 2.30. The molecule has 7 heteroatoms. The van der Waals surface area contributed by atoms with Crippen molar-refractivity contribution in [2.75, 3.05) is 20.8 Å². The first kappa shape index (κ1) is 19.6. The molecule has 154 valence electrons. The van der Waals surface area contributed by atoms with Crippen molar-refractivity contribution in [2.24, 2.45) is 0 Å². The second kappa shape index (κ2) is 7.94. The molecule has 2 heterocycles. The number of carbonyl (C=O) groups excluding carboxylic acids is 2. The van der Waals surface area contributed by atoms with Crippen LogP contribution in [0.4, 0.5) is 0 Å². The van der Waals surface area contributed by atoms with Gasteiger partial charge in [0.1, 0.15) is 11.5 Å². The second-order valence-electron chi connectivity index (χ2n) is 6.81. The maximum atomic E-state index is 13.0. The molecule has 0 aliphatic rings. The van der Waals surface area contributed by atoms with E-state index in [0.29, 0.717) is 34.3 Å². The summed E-state index contributed by atoms with van der Waals surface area (Å²) in [6, 6.07) is 11.2. The molecule has 0 unspecified atom stereocenters. The van der Waals surface area contributed by atoms with Gasteiger partial charge in [-0.2, -0.15) is 0 Å². The summed E-state index contributed by atoms with van der Waals surface area (Å²) >= 11 is 0. The Hall–Kier alpha value is -3.74. The van der Waals surface area contributed by atoms with Crippen molar-refractivity contribution in [1.82, 2.24) is 9.97 Å².